The molecule has 0 spiro atoms. The first kappa shape index (κ1) is 11.7. The minimum absolute atomic E-state index is 0.220. The van der Waals surface area contributed by atoms with Gasteiger partial charge in [0.05, 0.1) is 0 Å². The second-order valence-electron chi connectivity index (χ2n) is 3.84. The maximum atomic E-state index is 12.0. The molecule has 5 nitrogen and oxygen atoms in total. The summed E-state index contributed by atoms with van der Waals surface area (Å²) in [5, 5.41) is 11.1. The van der Waals surface area contributed by atoms with E-state index in [2.05, 4.69) is 15.5 Å². The number of furan rings is 1. The number of aromatic nitrogens is 2. The zero-order chi connectivity index (χ0) is 13.2. The summed E-state index contributed by atoms with van der Waals surface area (Å²) in [5.74, 6) is 0.153. The highest BCUT2D eigenvalue weighted by atomic mass is 35.5. The van der Waals surface area contributed by atoms with Gasteiger partial charge in [-0.25, -0.2) is 0 Å². The largest absolute Gasteiger partial charge is 0.451 e. The summed E-state index contributed by atoms with van der Waals surface area (Å²) in [6.07, 6.45) is 0. The van der Waals surface area contributed by atoms with Gasteiger partial charge >= 0.3 is 0 Å². The quantitative estimate of drug-likeness (QED) is 0.779. The van der Waals surface area contributed by atoms with Crippen LogP contribution in [-0.4, -0.2) is 16.1 Å². The van der Waals surface area contributed by atoms with E-state index in [1.54, 1.807) is 24.3 Å². The first-order chi connectivity index (χ1) is 9.22. The minimum Gasteiger partial charge on any atom is -0.451 e. The smallest absolute Gasteiger partial charge is 0.292 e. The molecule has 0 unspecified atom stereocenters. The van der Waals surface area contributed by atoms with Crippen LogP contribution < -0.4 is 5.32 Å². The van der Waals surface area contributed by atoms with Gasteiger partial charge in [0, 0.05) is 5.39 Å². The average molecular weight is 274 g/mol. The van der Waals surface area contributed by atoms with Gasteiger partial charge < -0.3 is 9.73 Å². The number of anilines is 1. The number of carbonyl (C=O) groups is 1. The monoisotopic (exact) mass is 273 g/mol. The molecule has 0 aliphatic rings. The molecular weight excluding hydrogens is 266 g/mol. The highest BCUT2D eigenvalue weighted by Gasteiger charge is 2.12. The molecule has 19 heavy (non-hydrogen) atoms. The zero-order valence-electron chi connectivity index (χ0n) is 9.63. The predicted octanol–water partition coefficient (Wildman–Crippen LogP) is 3.13. The average Bonchev–Trinajstić information content (AvgIpc) is 2.85. The van der Waals surface area contributed by atoms with Gasteiger partial charge in [-0.1, -0.05) is 29.8 Å². The molecule has 1 amide bonds. The van der Waals surface area contributed by atoms with E-state index in [1.165, 1.54) is 0 Å². The summed E-state index contributed by atoms with van der Waals surface area (Å²) >= 11 is 5.61. The summed E-state index contributed by atoms with van der Waals surface area (Å²) in [4.78, 5) is 12.0. The molecule has 2 heterocycles. The Morgan fingerprint density at radius 1 is 1.16 bits per heavy atom. The van der Waals surface area contributed by atoms with Crippen molar-refractivity contribution in [3.05, 3.63) is 53.4 Å². The van der Waals surface area contributed by atoms with Crippen LogP contribution in [0.2, 0.25) is 5.15 Å². The van der Waals surface area contributed by atoms with E-state index in [-0.39, 0.29) is 16.8 Å². The van der Waals surface area contributed by atoms with Crippen LogP contribution in [-0.2, 0) is 0 Å². The van der Waals surface area contributed by atoms with E-state index in [0.29, 0.717) is 11.4 Å². The summed E-state index contributed by atoms with van der Waals surface area (Å²) in [5.41, 5.74) is 0.662. The third-order valence-corrected chi connectivity index (χ3v) is 2.72. The number of para-hydroxylation sites is 1. The van der Waals surface area contributed by atoms with Crippen molar-refractivity contribution in [2.75, 3.05) is 5.32 Å². The minimum atomic E-state index is -0.382. The van der Waals surface area contributed by atoms with Gasteiger partial charge in [0.1, 0.15) is 5.58 Å². The normalized spacial score (nSPS) is 10.6. The van der Waals surface area contributed by atoms with Gasteiger partial charge in [0.25, 0.3) is 5.91 Å². The third kappa shape index (κ3) is 2.41. The molecule has 0 atom stereocenters. The van der Waals surface area contributed by atoms with Crippen LogP contribution in [0.4, 0.5) is 5.82 Å². The summed E-state index contributed by atoms with van der Waals surface area (Å²) < 4.78 is 5.44. The lowest BCUT2D eigenvalue weighted by Crippen LogP contribution is -2.12. The van der Waals surface area contributed by atoms with Crippen molar-refractivity contribution in [1.29, 1.82) is 0 Å². The lowest BCUT2D eigenvalue weighted by Gasteiger charge is -2.00. The fraction of sp³-hybridized carbons (Fsp3) is 0. The van der Waals surface area contributed by atoms with Crippen molar-refractivity contribution in [2.45, 2.75) is 0 Å². The van der Waals surface area contributed by atoms with Crippen molar-refractivity contribution in [2.24, 2.45) is 0 Å². The highest BCUT2D eigenvalue weighted by molar-refractivity contribution is 6.29. The maximum Gasteiger partial charge on any atom is 0.292 e. The number of nitrogens with one attached hydrogen (secondary N) is 1. The van der Waals surface area contributed by atoms with Crippen molar-refractivity contribution in [3.8, 4) is 0 Å². The number of rotatable bonds is 2. The Bertz CT molecular complexity index is 704. The number of carbonyl (C=O) groups excluding carboxylic acids is 1. The lowest BCUT2D eigenvalue weighted by atomic mass is 10.2. The van der Waals surface area contributed by atoms with Crippen LogP contribution in [0.3, 0.4) is 0 Å². The molecule has 3 rings (SSSR count). The Labute approximate surface area is 113 Å². The topological polar surface area (TPSA) is 68.0 Å². The lowest BCUT2D eigenvalue weighted by molar-refractivity contribution is 0.0998. The van der Waals surface area contributed by atoms with Gasteiger partial charge in [-0.2, -0.15) is 0 Å². The first-order valence-electron chi connectivity index (χ1n) is 5.51. The fourth-order valence-corrected chi connectivity index (χ4v) is 1.76. The van der Waals surface area contributed by atoms with Crippen molar-refractivity contribution < 1.29 is 9.21 Å². The second-order valence-corrected chi connectivity index (χ2v) is 4.23. The molecule has 0 aliphatic carbocycles. The predicted molar refractivity (Wildman–Crippen MR) is 71.2 cm³/mol. The number of hydrogen-bond acceptors (Lipinski definition) is 4. The summed E-state index contributed by atoms with van der Waals surface area (Å²) in [7, 11) is 0. The molecule has 0 bridgehead atoms. The molecule has 0 fully saturated rings. The van der Waals surface area contributed by atoms with E-state index in [9.17, 15) is 4.79 Å². The standard InChI is InChI=1S/C13H8ClN3O2/c14-11-5-6-12(17-16-11)15-13(18)10-7-8-3-1-2-4-9(8)19-10/h1-7H,(H,15,17,18). The third-order valence-electron chi connectivity index (χ3n) is 2.52. The number of amides is 1. The molecule has 0 aliphatic heterocycles. The summed E-state index contributed by atoms with van der Waals surface area (Å²) in [6, 6.07) is 12.2. The SMILES string of the molecule is O=C(Nc1ccc(Cl)nn1)c1cc2ccccc2o1. The van der Waals surface area contributed by atoms with Gasteiger partial charge in [-0.05, 0) is 24.3 Å². The Kier molecular flexibility index (Phi) is 2.89. The molecule has 1 aromatic carbocycles. The van der Waals surface area contributed by atoms with Crippen LogP contribution in [0.5, 0.6) is 0 Å². The molecule has 94 valence electrons. The molecular formula is C13H8ClN3O2. The maximum absolute atomic E-state index is 12.0. The highest BCUT2D eigenvalue weighted by Crippen LogP contribution is 2.19. The van der Waals surface area contributed by atoms with E-state index in [1.807, 2.05) is 18.2 Å². The molecule has 3 aromatic rings. The first-order valence-corrected chi connectivity index (χ1v) is 5.89. The van der Waals surface area contributed by atoms with Crippen molar-refractivity contribution in [1.82, 2.24) is 10.2 Å². The second kappa shape index (κ2) is 4.70. The number of hydrogen-bond donors (Lipinski definition) is 1. The van der Waals surface area contributed by atoms with E-state index in [0.717, 1.165) is 5.39 Å². The Hall–Kier alpha value is -2.40. The van der Waals surface area contributed by atoms with Crippen molar-refractivity contribution >= 4 is 34.3 Å². The van der Waals surface area contributed by atoms with Crippen LogP contribution >= 0.6 is 11.6 Å². The van der Waals surface area contributed by atoms with Crippen molar-refractivity contribution in [3.63, 3.8) is 0 Å². The zero-order valence-corrected chi connectivity index (χ0v) is 10.4. The van der Waals surface area contributed by atoms with Crippen LogP contribution in [0.25, 0.3) is 11.0 Å². The molecule has 0 radical (unpaired) electrons. The van der Waals surface area contributed by atoms with Gasteiger partial charge in [-0.15, -0.1) is 10.2 Å². The van der Waals surface area contributed by atoms with E-state index in [4.69, 9.17) is 16.0 Å². The van der Waals surface area contributed by atoms with Crippen LogP contribution in [0.15, 0.2) is 46.9 Å². The van der Waals surface area contributed by atoms with Crippen LogP contribution in [0, 0.1) is 0 Å². The van der Waals surface area contributed by atoms with Crippen LogP contribution in [0.1, 0.15) is 10.6 Å². The molecule has 1 N–H and O–H groups in total. The van der Waals surface area contributed by atoms with Gasteiger partial charge in [-0.3, -0.25) is 4.79 Å². The number of fused-ring (bicyclic) bond motifs is 1. The molecule has 0 saturated carbocycles. The Morgan fingerprint density at radius 2 is 2.00 bits per heavy atom. The number of benzene rings is 1. The fourth-order valence-electron chi connectivity index (χ4n) is 1.65. The van der Waals surface area contributed by atoms with Gasteiger partial charge in [0.2, 0.25) is 0 Å². The van der Waals surface area contributed by atoms with E-state index < -0.39 is 0 Å². The Morgan fingerprint density at radius 3 is 2.74 bits per heavy atom. The Balaban J connectivity index is 1.85. The molecule has 0 saturated heterocycles. The molecule has 2 aromatic heterocycles. The number of nitrogens with zero attached hydrogens (tertiary/aromatic N) is 2. The van der Waals surface area contributed by atoms with Gasteiger partial charge in [0.15, 0.2) is 16.7 Å². The van der Waals surface area contributed by atoms with E-state index >= 15 is 0 Å². The summed E-state index contributed by atoms with van der Waals surface area (Å²) in [6.45, 7) is 0. The molecule has 6 heteroatoms. The number of halogens is 1.